The molecule has 1 amide bonds. The van der Waals surface area contributed by atoms with Crippen molar-refractivity contribution in [2.75, 3.05) is 6.54 Å². The first kappa shape index (κ1) is 25.6. The predicted octanol–water partition coefficient (Wildman–Crippen LogP) is 4.81. The van der Waals surface area contributed by atoms with Gasteiger partial charge in [0.2, 0.25) is 0 Å². The third-order valence-corrected chi connectivity index (χ3v) is 8.36. The second-order valence-electron chi connectivity index (χ2n) is 9.94. The fourth-order valence-electron chi connectivity index (χ4n) is 4.76. The van der Waals surface area contributed by atoms with Crippen LogP contribution in [0.4, 0.5) is 17.6 Å². The van der Waals surface area contributed by atoms with Gasteiger partial charge in [0.05, 0.1) is 28.8 Å². The number of hydrogen-bond donors (Lipinski definition) is 2. The van der Waals surface area contributed by atoms with E-state index in [1.54, 1.807) is 11.3 Å². The smallest absolute Gasteiger partial charge is 0.378 e. The molecule has 5 rings (SSSR count). The zero-order chi connectivity index (χ0) is 26.7. The minimum atomic E-state index is -4.97. The zero-order valence-corrected chi connectivity index (χ0v) is 21.0. The van der Waals surface area contributed by atoms with E-state index < -0.39 is 40.7 Å². The molecule has 0 radical (unpaired) electrons. The number of carbonyl (C=O) groups excluding carboxylic acids is 1. The summed E-state index contributed by atoms with van der Waals surface area (Å²) in [4.78, 5) is 35.9. The molecule has 1 unspecified atom stereocenters. The lowest BCUT2D eigenvalue weighted by molar-refractivity contribution is -0.143. The molecule has 1 aromatic carbocycles. The molecule has 1 fully saturated rings. The monoisotopic (exact) mass is 535 g/mol. The maximum atomic E-state index is 14.5. The number of hydrogen-bond acceptors (Lipinski definition) is 5. The molecule has 3 heterocycles. The maximum absolute atomic E-state index is 14.5. The molecule has 2 aliphatic rings. The van der Waals surface area contributed by atoms with Crippen LogP contribution in [0.5, 0.6) is 0 Å². The minimum absolute atomic E-state index is 0.0862. The normalized spacial score (nSPS) is 17.6. The Balaban J connectivity index is 1.39. The summed E-state index contributed by atoms with van der Waals surface area (Å²) in [7, 11) is 0. The number of carbonyl (C=O) groups is 1. The predicted molar refractivity (Wildman–Crippen MR) is 129 cm³/mol. The minimum Gasteiger partial charge on any atom is -0.378 e. The van der Waals surface area contributed by atoms with Gasteiger partial charge in [-0.3, -0.25) is 9.59 Å². The van der Waals surface area contributed by atoms with E-state index in [-0.39, 0.29) is 30.5 Å². The van der Waals surface area contributed by atoms with E-state index in [1.165, 1.54) is 5.56 Å². The van der Waals surface area contributed by atoms with E-state index in [4.69, 9.17) is 4.98 Å². The Morgan fingerprint density at radius 3 is 2.62 bits per heavy atom. The standard InChI is InChI=1S/C26H25F4N3O3S/c1-13(2)14-10-19(37-12-14)25(7-8-25)24-31-18-6-9-33(11-16(18)22(35)32-24)23(36)21(34)15-4-3-5-17(20(15)27)26(28,29)30/h3-5,10,12-13,21,34H,6-9,11H2,1-2H3,(H,31,32,35). The number of aromatic nitrogens is 2. The summed E-state index contributed by atoms with van der Waals surface area (Å²) in [5, 5.41) is 12.6. The van der Waals surface area contributed by atoms with Crippen molar-refractivity contribution >= 4 is 17.2 Å². The van der Waals surface area contributed by atoms with Crippen molar-refractivity contribution in [1.29, 1.82) is 0 Å². The Bertz CT molecular complexity index is 1430. The number of H-pyrrole nitrogens is 1. The van der Waals surface area contributed by atoms with Gasteiger partial charge in [-0.2, -0.15) is 13.2 Å². The van der Waals surface area contributed by atoms with Gasteiger partial charge in [0.25, 0.3) is 11.5 Å². The van der Waals surface area contributed by atoms with Gasteiger partial charge in [-0.15, -0.1) is 11.3 Å². The van der Waals surface area contributed by atoms with Gasteiger partial charge in [-0.05, 0) is 41.8 Å². The summed E-state index contributed by atoms with van der Waals surface area (Å²) in [6.45, 7) is 4.15. The number of rotatable bonds is 5. The van der Waals surface area contributed by atoms with Gasteiger partial charge in [-0.1, -0.05) is 26.0 Å². The number of nitrogens with one attached hydrogen (secondary N) is 1. The topological polar surface area (TPSA) is 86.3 Å². The van der Waals surface area contributed by atoms with Gasteiger partial charge in [0.1, 0.15) is 11.6 Å². The number of alkyl halides is 3. The van der Waals surface area contributed by atoms with Crippen molar-refractivity contribution in [3.8, 4) is 0 Å². The number of aliphatic hydroxyl groups excluding tert-OH is 1. The van der Waals surface area contributed by atoms with Crippen molar-refractivity contribution in [1.82, 2.24) is 14.9 Å². The Kier molecular flexibility index (Phi) is 6.26. The average molecular weight is 536 g/mol. The highest BCUT2D eigenvalue weighted by Crippen LogP contribution is 2.54. The Hall–Kier alpha value is -3.05. The molecule has 11 heteroatoms. The summed E-state index contributed by atoms with van der Waals surface area (Å²) in [6.07, 6.45) is -5.15. The molecule has 2 aromatic heterocycles. The summed E-state index contributed by atoms with van der Waals surface area (Å²) in [5.74, 6) is -1.69. The van der Waals surface area contributed by atoms with E-state index in [1.807, 2.05) is 0 Å². The van der Waals surface area contributed by atoms with Crippen molar-refractivity contribution in [3.05, 3.63) is 84.5 Å². The van der Waals surface area contributed by atoms with Crippen molar-refractivity contribution in [2.45, 2.75) is 63.3 Å². The van der Waals surface area contributed by atoms with Crippen LogP contribution in [0.2, 0.25) is 0 Å². The highest BCUT2D eigenvalue weighted by molar-refractivity contribution is 7.10. The molecule has 0 bridgehead atoms. The number of amides is 1. The summed E-state index contributed by atoms with van der Waals surface area (Å²) < 4.78 is 53.7. The number of halogens is 4. The Labute approximate surface area is 214 Å². The van der Waals surface area contributed by atoms with Crippen molar-refractivity contribution in [3.63, 3.8) is 0 Å². The van der Waals surface area contributed by atoms with E-state index in [0.29, 0.717) is 23.5 Å². The molecule has 3 aromatic rings. The first-order valence-electron chi connectivity index (χ1n) is 12.0. The molecular formula is C26H25F4N3O3S. The molecule has 37 heavy (non-hydrogen) atoms. The third-order valence-electron chi connectivity index (χ3n) is 7.20. The van der Waals surface area contributed by atoms with E-state index in [0.717, 1.165) is 34.8 Å². The van der Waals surface area contributed by atoms with E-state index in [2.05, 4.69) is 30.3 Å². The van der Waals surface area contributed by atoms with Crippen LogP contribution in [-0.4, -0.2) is 32.4 Å². The number of fused-ring (bicyclic) bond motifs is 1. The molecule has 196 valence electrons. The van der Waals surface area contributed by atoms with Gasteiger partial charge < -0.3 is 15.0 Å². The number of thiophene rings is 1. The number of nitrogens with zero attached hydrogens (tertiary/aromatic N) is 2. The molecule has 0 spiro atoms. The van der Waals surface area contributed by atoms with Gasteiger partial charge >= 0.3 is 6.18 Å². The number of benzene rings is 1. The Morgan fingerprint density at radius 2 is 2.00 bits per heavy atom. The number of aliphatic hydroxyl groups is 1. The fraction of sp³-hybridized carbons (Fsp3) is 0.423. The van der Waals surface area contributed by atoms with Gasteiger partial charge in [0, 0.05) is 23.4 Å². The molecule has 1 aliphatic carbocycles. The highest BCUT2D eigenvalue weighted by atomic mass is 32.1. The molecule has 1 saturated carbocycles. The SMILES string of the molecule is CC(C)c1csc(C2(c3nc4c(c(=O)[nH]3)CN(C(=O)C(O)c3cccc(C(F)(F)F)c3F)CC4)CC2)c1. The number of aromatic amines is 1. The maximum Gasteiger partial charge on any atom is 0.419 e. The molecular weight excluding hydrogens is 510 g/mol. The van der Waals surface area contributed by atoms with Crippen LogP contribution in [0.15, 0.2) is 34.4 Å². The quantitative estimate of drug-likeness (QED) is 0.459. The zero-order valence-electron chi connectivity index (χ0n) is 20.2. The average Bonchev–Trinajstić information content (AvgIpc) is 3.50. The van der Waals surface area contributed by atoms with Crippen LogP contribution in [0.1, 0.15) is 77.4 Å². The first-order chi connectivity index (χ1) is 17.4. The Morgan fingerprint density at radius 1 is 1.27 bits per heavy atom. The van der Waals surface area contributed by atoms with E-state index >= 15 is 0 Å². The fourth-order valence-corrected chi connectivity index (χ4v) is 6.09. The largest absolute Gasteiger partial charge is 0.419 e. The highest BCUT2D eigenvalue weighted by Gasteiger charge is 2.50. The molecule has 1 aliphatic heterocycles. The van der Waals surface area contributed by atoms with Crippen LogP contribution >= 0.6 is 11.3 Å². The second kappa shape index (κ2) is 9.05. The van der Waals surface area contributed by atoms with Crippen molar-refractivity contribution in [2.24, 2.45) is 0 Å². The van der Waals surface area contributed by atoms with E-state index in [9.17, 15) is 32.3 Å². The molecule has 0 saturated heterocycles. The first-order valence-corrected chi connectivity index (χ1v) is 12.8. The van der Waals surface area contributed by atoms with Gasteiger partial charge in [0.15, 0.2) is 6.10 Å². The lowest BCUT2D eigenvalue weighted by atomic mass is 9.98. The van der Waals surface area contributed by atoms with Crippen LogP contribution in [-0.2, 0) is 29.4 Å². The molecule has 2 N–H and O–H groups in total. The van der Waals surface area contributed by atoms with Crippen LogP contribution in [0.3, 0.4) is 0 Å². The van der Waals surface area contributed by atoms with Crippen molar-refractivity contribution < 1.29 is 27.5 Å². The summed E-state index contributed by atoms with van der Waals surface area (Å²) in [5.41, 5.74) is -1.01. The molecule has 6 nitrogen and oxygen atoms in total. The summed E-state index contributed by atoms with van der Waals surface area (Å²) in [6, 6.07) is 4.58. The van der Waals surface area contributed by atoms with Crippen LogP contribution in [0, 0.1) is 5.82 Å². The van der Waals surface area contributed by atoms with Crippen LogP contribution in [0.25, 0.3) is 0 Å². The lowest BCUT2D eigenvalue weighted by Gasteiger charge is -2.30. The van der Waals surface area contributed by atoms with Crippen LogP contribution < -0.4 is 5.56 Å². The summed E-state index contributed by atoms with van der Waals surface area (Å²) >= 11 is 1.65. The lowest BCUT2D eigenvalue weighted by Crippen LogP contribution is -2.42. The molecule has 1 atom stereocenters. The second-order valence-corrected chi connectivity index (χ2v) is 10.9. The third kappa shape index (κ3) is 4.48. The van der Waals surface area contributed by atoms with Gasteiger partial charge in [-0.25, -0.2) is 9.37 Å².